The van der Waals surface area contributed by atoms with E-state index in [1.165, 1.54) is 161 Å². The highest BCUT2D eigenvalue weighted by atomic mass is 32.1. The van der Waals surface area contributed by atoms with Crippen molar-refractivity contribution < 1.29 is 99.1 Å². The van der Waals surface area contributed by atoms with E-state index in [1.54, 1.807) is 105 Å². The van der Waals surface area contributed by atoms with Crippen LogP contribution >= 0.6 is 22.7 Å². The number of esters is 5. The molecule has 14 rings (SSSR count). The van der Waals surface area contributed by atoms with E-state index in [1.807, 2.05) is 89.6 Å². The van der Waals surface area contributed by atoms with Crippen LogP contribution in [0.4, 0.5) is 31.5 Å². The third-order valence-corrected chi connectivity index (χ3v) is 20.8. The van der Waals surface area contributed by atoms with E-state index >= 15 is 0 Å². The highest BCUT2D eigenvalue weighted by molar-refractivity contribution is 7.11. The number of Topliss-reactive ketones (excluding diaryl/α,β-unsaturated/α-hetero) is 1. The lowest BCUT2D eigenvalue weighted by Crippen LogP contribution is -2.25. The van der Waals surface area contributed by atoms with Gasteiger partial charge in [-0.3, -0.25) is 38.7 Å². The standard InChI is InChI=1S/C21H18FNO5.C21H21NO4.C18H14FNO3S.C18H15NO4.C13H13NO3S/c1-12-18(21(26)28-3)14(11-13-7-6-10-17(27-2)19(13)24)20(25)23(12)16-9-5-4-8-15(16)22;1-13(2)16-5-7-17(8-6-16)22-14(3)19(21(24)25-4)18(20(22)23)11-15-9-10-26-12-15;1-11-16(18(22)23-2)15(10-14-4-3-9-24-14)17(21)20(11)13-7-5-12(19)6-8-13;1-12-16(18(21)22-2)17(20)15(10-13-8-9-23-11-13)19(12)14-6-4-3-5-7-14;1-8-11(13(16)17-3)10(12(15)14(8)2)7-9-5-4-6-18-9/h4-11,24H,1-3H3;5-13H,1-4H3;3-10H,1-2H3;3-11H,1-2H3;4-7H,1-3H3/b14-11-;18-11-;15-10-;15-10+;10-7-. The molecule has 0 atom stereocenters. The van der Waals surface area contributed by atoms with Gasteiger partial charge in [0, 0.05) is 79.0 Å². The number of hydrogen-bond acceptors (Lipinski definition) is 22. The second-order valence-electron chi connectivity index (χ2n) is 26.5. The molecule has 0 radical (unpaired) electrons. The number of nitrogens with zero attached hydrogens (tertiary/aromatic N) is 5. The van der Waals surface area contributed by atoms with Crippen LogP contribution in [0.25, 0.3) is 30.4 Å². The summed E-state index contributed by atoms with van der Waals surface area (Å²) in [5.41, 5.74) is 9.55. The van der Waals surface area contributed by atoms with Gasteiger partial charge in [-0.1, -0.05) is 80.6 Å². The first-order valence-corrected chi connectivity index (χ1v) is 38.2. The molecular weight excluding hydrogens is 1570 g/mol. The Balaban J connectivity index is 0.000000157. The molecule has 0 spiro atoms. The monoisotopic (exact) mass is 1650 g/mol. The first kappa shape index (κ1) is 87.0. The number of carbonyl (C=O) groups excluding carboxylic acids is 10. The van der Waals surface area contributed by atoms with Crippen LogP contribution in [0.1, 0.15) is 86.4 Å². The van der Waals surface area contributed by atoms with Gasteiger partial charge in [-0.2, -0.15) is 0 Å². The number of phenols is 1. The van der Waals surface area contributed by atoms with Gasteiger partial charge in [0.05, 0.1) is 124 Å². The van der Waals surface area contributed by atoms with Gasteiger partial charge in [0.25, 0.3) is 23.6 Å². The Morgan fingerprint density at radius 1 is 0.429 bits per heavy atom. The average Bonchev–Trinajstić information content (AvgIpc) is 1.63. The zero-order valence-corrected chi connectivity index (χ0v) is 68.7. The summed E-state index contributed by atoms with van der Waals surface area (Å²) in [6.45, 7) is 12.6. The molecule has 4 amide bonds. The Labute approximate surface area is 691 Å². The number of aromatic hydroxyl groups is 1. The molecule has 0 fully saturated rings. The fourth-order valence-electron chi connectivity index (χ4n) is 13.1. The van der Waals surface area contributed by atoms with Crippen molar-refractivity contribution in [3.05, 3.63) is 322 Å². The minimum Gasteiger partial charge on any atom is -0.504 e. The lowest BCUT2D eigenvalue weighted by atomic mass is 10.0. The largest absolute Gasteiger partial charge is 0.504 e. The van der Waals surface area contributed by atoms with E-state index in [-0.39, 0.29) is 85.4 Å². The van der Waals surface area contributed by atoms with Crippen LogP contribution in [0, 0.1) is 11.6 Å². The molecule has 5 aliphatic rings. The Bertz CT molecular complexity index is 5750. The van der Waals surface area contributed by atoms with E-state index in [0.717, 1.165) is 25.9 Å². The van der Waals surface area contributed by atoms with E-state index in [9.17, 15) is 61.8 Å². The summed E-state index contributed by atoms with van der Waals surface area (Å²) >= 11 is 2.98. The van der Waals surface area contributed by atoms with Crippen LogP contribution in [0.2, 0.25) is 0 Å². The van der Waals surface area contributed by atoms with Gasteiger partial charge in [-0.05, 0) is 178 Å². The van der Waals surface area contributed by atoms with Crippen LogP contribution in [-0.2, 0) is 71.6 Å². The minimum atomic E-state index is -0.738. The fraction of sp³-hybridized carbons (Fsp3) is 0.165. The summed E-state index contributed by atoms with van der Waals surface area (Å²) in [5, 5.41) is 14.1. The summed E-state index contributed by atoms with van der Waals surface area (Å²) in [7, 11) is 9.40. The second kappa shape index (κ2) is 38.8. The van der Waals surface area contributed by atoms with Crippen LogP contribution in [0.3, 0.4) is 0 Å². The normalized spacial score (nSPS) is 16.3. The van der Waals surface area contributed by atoms with Crippen molar-refractivity contribution in [3.63, 3.8) is 0 Å². The maximum absolute atomic E-state index is 14.3. The molecule has 28 heteroatoms. The number of benzene rings is 5. The molecule has 0 saturated carbocycles. The number of ether oxygens (including phenoxy) is 6. The maximum atomic E-state index is 14.3. The first-order chi connectivity index (χ1) is 57.0. The summed E-state index contributed by atoms with van der Waals surface area (Å²) < 4.78 is 66.7. The third kappa shape index (κ3) is 18.8. The molecule has 119 heavy (non-hydrogen) atoms. The van der Waals surface area contributed by atoms with E-state index in [0.29, 0.717) is 68.1 Å². The predicted octanol–water partition coefficient (Wildman–Crippen LogP) is 16.7. The maximum Gasteiger partial charge on any atom is 0.343 e. The molecule has 0 aliphatic carbocycles. The number of phenolic OH excluding ortho intramolecular Hbond substituents is 1. The van der Waals surface area contributed by atoms with Crippen molar-refractivity contribution in [1.82, 2.24) is 4.90 Å². The van der Waals surface area contributed by atoms with Crippen LogP contribution in [-0.4, -0.2) is 119 Å². The number of thiophene rings is 2. The van der Waals surface area contributed by atoms with Gasteiger partial charge in [-0.25, -0.2) is 32.8 Å². The minimum absolute atomic E-state index is 0.00188. The van der Waals surface area contributed by atoms with Crippen LogP contribution < -0.4 is 24.3 Å². The number of allylic oxidation sites excluding steroid dienone is 6. The number of para-hydroxylation sites is 3. The van der Waals surface area contributed by atoms with Crippen LogP contribution in [0.5, 0.6) is 11.5 Å². The first-order valence-electron chi connectivity index (χ1n) is 36.4. The third-order valence-electron chi connectivity index (χ3n) is 19.1. The number of rotatable bonds is 16. The number of methoxy groups -OCH3 is 6. The van der Waals surface area contributed by atoms with E-state index < -0.39 is 47.4 Å². The van der Waals surface area contributed by atoms with E-state index in [4.69, 9.17) is 37.3 Å². The molecule has 0 bridgehead atoms. The lowest BCUT2D eigenvalue weighted by Gasteiger charge is -2.21. The number of ketones is 1. The number of carbonyl (C=O) groups is 10. The second-order valence-corrected chi connectivity index (χ2v) is 28.5. The lowest BCUT2D eigenvalue weighted by molar-refractivity contribution is -0.138. The quantitative estimate of drug-likeness (QED) is 0.0407. The summed E-state index contributed by atoms with van der Waals surface area (Å²) in [4.78, 5) is 134. The SMILES string of the molecule is COC(=O)C1=C(C)N(C)C(=O)/C1=C\c1cccs1.COC(=O)C1=C(C)N(c2ccc(C(C)C)cc2)C(=O)/C1=C\c1ccoc1.COC(=O)C1=C(C)N(c2ccc(F)cc2)C(=O)/C1=C\c1cccs1.COC(=O)C1=C(C)N(c2ccccc2)/C(=C/c2ccoc2)C1=O.COC(=O)C1=C(C)N(c2ccccc2F)C(=O)/C1=C\c1cccc(OC)c1O. The van der Waals surface area contributed by atoms with Crippen molar-refractivity contribution in [2.24, 2.45) is 0 Å². The summed E-state index contributed by atoms with van der Waals surface area (Å²) in [5.74, 6) is -5.28. The van der Waals surface area contributed by atoms with E-state index in [2.05, 4.69) is 13.8 Å². The molecule has 1 N–H and O–H groups in total. The van der Waals surface area contributed by atoms with Gasteiger partial charge in [-0.15, -0.1) is 22.7 Å². The molecule has 9 heterocycles. The van der Waals surface area contributed by atoms with Crippen molar-refractivity contribution in [1.29, 1.82) is 0 Å². The molecule has 0 unspecified atom stereocenters. The number of halogens is 2. The molecule has 24 nitrogen and oxygen atoms in total. The zero-order valence-electron chi connectivity index (χ0n) is 67.0. The fourth-order valence-corrected chi connectivity index (χ4v) is 14.4. The summed E-state index contributed by atoms with van der Waals surface area (Å²) in [6.07, 6.45) is 14.2. The molecule has 9 aromatic rings. The van der Waals surface area contributed by atoms with Crippen molar-refractivity contribution in [3.8, 4) is 11.5 Å². The average molecular weight is 1650 g/mol. The van der Waals surface area contributed by atoms with Crippen LogP contribution in [0.15, 0.2) is 287 Å². The highest BCUT2D eigenvalue weighted by Gasteiger charge is 2.43. The van der Waals surface area contributed by atoms with Crippen molar-refractivity contribution in [2.45, 2.75) is 54.4 Å². The number of anilines is 4. The van der Waals surface area contributed by atoms with Gasteiger partial charge < -0.3 is 52.2 Å². The molecule has 5 aromatic carbocycles. The van der Waals surface area contributed by atoms with Gasteiger partial charge >= 0.3 is 29.8 Å². The topological polar surface area (TPSA) is 289 Å². The van der Waals surface area contributed by atoms with Crippen molar-refractivity contribution >= 4 is 135 Å². The molecule has 5 aliphatic heterocycles. The molecule has 0 saturated heterocycles. The number of amides is 4. The Kier molecular flexibility index (Phi) is 28.4. The zero-order chi connectivity index (χ0) is 86.2. The smallest absolute Gasteiger partial charge is 0.343 e. The number of furan rings is 2. The van der Waals surface area contributed by atoms with Gasteiger partial charge in [0.1, 0.15) is 17.2 Å². The Morgan fingerprint density at radius 2 is 0.849 bits per heavy atom. The Morgan fingerprint density at radius 3 is 1.31 bits per heavy atom. The Hall–Kier alpha value is -14.4. The number of likely N-dealkylation sites (N-methyl/N-ethyl adjacent to an activating group) is 1. The molecular formula is C91H81F2N5O19S2. The summed E-state index contributed by atoms with van der Waals surface area (Å²) in [6, 6.07) is 44.2. The molecule has 610 valence electrons. The van der Waals surface area contributed by atoms with Gasteiger partial charge in [0.2, 0.25) is 5.78 Å². The highest BCUT2D eigenvalue weighted by Crippen LogP contribution is 2.43. The number of hydrogen-bond donors (Lipinski definition) is 1. The predicted molar refractivity (Wildman–Crippen MR) is 447 cm³/mol. The van der Waals surface area contributed by atoms with Crippen molar-refractivity contribution in [2.75, 3.05) is 69.3 Å². The van der Waals surface area contributed by atoms with Gasteiger partial charge in [0.15, 0.2) is 11.5 Å². The molecule has 4 aromatic heterocycles.